The Hall–Kier alpha value is -2.82. The standard InChI is InChI=1S/C20H22N2O3/c1-14-7-9-15(10-8-14)12-22-13-16(11-19(22)23)20(24)21-17-5-3-4-6-18(17)25-2/h3-10,16H,11-13H2,1-2H3,(H,21,24)/t16-/m1/s1. The third kappa shape index (κ3) is 3.99. The second kappa shape index (κ2) is 7.38. The minimum absolute atomic E-state index is 0.0146. The molecule has 1 saturated heterocycles. The Morgan fingerprint density at radius 1 is 1.20 bits per heavy atom. The van der Waals surface area contributed by atoms with Crippen LogP contribution in [0.4, 0.5) is 5.69 Å². The lowest BCUT2D eigenvalue weighted by molar-refractivity contribution is -0.128. The molecule has 3 rings (SSSR count). The number of benzene rings is 2. The van der Waals surface area contributed by atoms with E-state index >= 15 is 0 Å². The predicted octanol–water partition coefficient (Wildman–Crippen LogP) is 2.99. The zero-order valence-electron chi connectivity index (χ0n) is 14.5. The maximum absolute atomic E-state index is 12.5. The second-order valence-electron chi connectivity index (χ2n) is 6.35. The summed E-state index contributed by atoms with van der Waals surface area (Å²) in [5.74, 6) is 0.129. The average Bonchev–Trinajstić information content (AvgIpc) is 2.98. The summed E-state index contributed by atoms with van der Waals surface area (Å²) >= 11 is 0. The number of rotatable bonds is 5. The molecule has 1 fully saturated rings. The van der Waals surface area contributed by atoms with E-state index in [0.717, 1.165) is 5.56 Å². The highest BCUT2D eigenvalue weighted by molar-refractivity contribution is 5.98. The molecular weight excluding hydrogens is 316 g/mol. The van der Waals surface area contributed by atoms with Crippen LogP contribution in [0.3, 0.4) is 0 Å². The van der Waals surface area contributed by atoms with Gasteiger partial charge in [-0.05, 0) is 24.6 Å². The Kier molecular flexibility index (Phi) is 5.03. The van der Waals surface area contributed by atoms with Gasteiger partial charge in [-0.3, -0.25) is 9.59 Å². The smallest absolute Gasteiger partial charge is 0.229 e. The third-order valence-corrected chi connectivity index (χ3v) is 4.44. The van der Waals surface area contributed by atoms with Crippen LogP contribution in [0, 0.1) is 12.8 Å². The minimum Gasteiger partial charge on any atom is -0.495 e. The number of likely N-dealkylation sites (tertiary alicyclic amines) is 1. The van der Waals surface area contributed by atoms with Crippen LogP contribution in [0.15, 0.2) is 48.5 Å². The molecule has 0 saturated carbocycles. The van der Waals surface area contributed by atoms with Crippen LogP contribution >= 0.6 is 0 Å². The molecule has 1 N–H and O–H groups in total. The molecule has 0 aromatic heterocycles. The molecule has 5 nitrogen and oxygen atoms in total. The van der Waals surface area contributed by atoms with Gasteiger partial charge in [0.25, 0.3) is 0 Å². The van der Waals surface area contributed by atoms with E-state index in [1.165, 1.54) is 5.56 Å². The highest BCUT2D eigenvalue weighted by Crippen LogP contribution is 2.26. The van der Waals surface area contributed by atoms with Crippen LogP contribution in [-0.2, 0) is 16.1 Å². The number of aryl methyl sites for hydroxylation is 1. The van der Waals surface area contributed by atoms with Gasteiger partial charge in [-0.25, -0.2) is 0 Å². The number of amides is 2. The van der Waals surface area contributed by atoms with Crippen LogP contribution in [0.1, 0.15) is 17.5 Å². The van der Waals surface area contributed by atoms with Gasteiger partial charge in [0.05, 0.1) is 18.7 Å². The van der Waals surface area contributed by atoms with Gasteiger partial charge < -0.3 is 15.0 Å². The van der Waals surface area contributed by atoms with Gasteiger partial charge in [0, 0.05) is 19.5 Å². The van der Waals surface area contributed by atoms with Crippen molar-refractivity contribution in [3.63, 3.8) is 0 Å². The number of hydrogen-bond donors (Lipinski definition) is 1. The van der Waals surface area contributed by atoms with Crippen molar-refractivity contribution in [2.24, 2.45) is 5.92 Å². The summed E-state index contributed by atoms with van der Waals surface area (Å²) in [6.45, 7) is 3.01. The van der Waals surface area contributed by atoms with Gasteiger partial charge in [-0.15, -0.1) is 0 Å². The van der Waals surface area contributed by atoms with Crippen LogP contribution < -0.4 is 10.1 Å². The Morgan fingerprint density at radius 3 is 2.64 bits per heavy atom. The molecule has 1 aliphatic heterocycles. The predicted molar refractivity (Wildman–Crippen MR) is 96.3 cm³/mol. The van der Waals surface area contributed by atoms with Gasteiger partial charge in [0.2, 0.25) is 11.8 Å². The molecule has 2 aromatic carbocycles. The first kappa shape index (κ1) is 17.0. The molecule has 0 bridgehead atoms. The quantitative estimate of drug-likeness (QED) is 0.912. The molecule has 2 amide bonds. The van der Waals surface area contributed by atoms with Crippen LogP contribution in [-0.4, -0.2) is 30.4 Å². The van der Waals surface area contributed by atoms with Crippen molar-refractivity contribution >= 4 is 17.5 Å². The topological polar surface area (TPSA) is 58.6 Å². The highest BCUT2D eigenvalue weighted by atomic mass is 16.5. The van der Waals surface area contributed by atoms with E-state index in [9.17, 15) is 9.59 Å². The fourth-order valence-electron chi connectivity index (χ4n) is 3.00. The summed E-state index contributed by atoms with van der Waals surface area (Å²) in [5.41, 5.74) is 2.88. The first-order chi connectivity index (χ1) is 12.1. The van der Waals surface area contributed by atoms with Gasteiger partial charge >= 0.3 is 0 Å². The molecule has 0 aliphatic carbocycles. The molecule has 2 aromatic rings. The van der Waals surface area contributed by atoms with Crippen molar-refractivity contribution in [1.82, 2.24) is 4.90 Å². The number of para-hydroxylation sites is 2. The molecule has 1 atom stereocenters. The van der Waals surface area contributed by atoms with Gasteiger partial charge in [0.1, 0.15) is 5.75 Å². The third-order valence-electron chi connectivity index (χ3n) is 4.44. The van der Waals surface area contributed by atoms with Crippen molar-refractivity contribution in [3.05, 3.63) is 59.7 Å². The summed E-state index contributed by atoms with van der Waals surface area (Å²) < 4.78 is 5.25. The van der Waals surface area contributed by atoms with E-state index in [1.54, 1.807) is 24.1 Å². The number of hydrogen-bond acceptors (Lipinski definition) is 3. The fourth-order valence-corrected chi connectivity index (χ4v) is 3.00. The SMILES string of the molecule is COc1ccccc1NC(=O)[C@@H]1CC(=O)N(Cc2ccc(C)cc2)C1. The normalized spacial score (nSPS) is 16.8. The van der Waals surface area contributed by atoms with E-state index in [-0.39, 0.29) is 24.2 Å². The van der Waals surface area contributed by atoms with Gasteiger partial charge in [-0.1, -0.05) is 42.0 Å². The van der Waals surface area contributed by atoms with Gasteiger partial charge in [0.15, 0.2) is 0 Å². The van der Waals surface area contributed by atoms with E-state index in [0.29, 0.717) is 24.5 Å². The number of carbonyl (C=O) groups is 2. The zero-order chi connectivity index (χ0) is 17.8. The molecule has 25 heavy (non-hydrogen) atoms. The molecule has 0 radical (unpaired) electrons. The number of ether oxygens (including phenoxy) is 1. The van der Waals surface area contributed by atoms with Crippen molar-refractivity contribution < 1.29 is 14.3 Å². The van der Waals surface area contributed by atoms with E-state index < -0.39 is 0 Å². The van der Waals surface area contributed by atoms with Crippen molar-refractivity contribution in [2.75, 3.05) is 19.0 Å². The molecule has 1 heterocycles. The molecule has 1 aliphatic rings. The maximum Gasteiger partial charge on any atom is 0.229 e. The van der Waals surface area contributed by atoms with E-state index in [4.69, 9.17) is 4.74 Å². The summed E-state index contributed by atoms with van der Waals surface area (Å²) in [6, 6.07) is 15.4. The van der Waals surface area contributed by atoms with Crippen LogP contribution in [0.25, 0.3) is 0 Å². The number of nitrogens with one attached hydrogen (secondary N) is 1. The summed E-state index contributed by atoms with van der Waals surface area (Å²) in [5, 5.41) is 2.87. The molecular formula is C20H22N2O3. The summed E-state index contributed by atoms with van der Waals surface area (Å²) in [4.78, 5) is 26.5. The fraction of sp³-hybridized carbons (Fsp3) is 0.300. The number of methoxy groups -OCH3 is 1. The monoisotopic (exact) mass is 338 g/mol. The maximum atomic E-state index is 12.5. The molecule has 5 heteroatoms. The second-order valence-corrected chi connectivity index (χ2v) is 6.35. The summed E-state index contributed by atoms with van der Waals surface area (Å²) in [6.07, 6.45) is 0.243. The van der Waals surface area contributed by atoms with E-state index in [1.807, 2.05) is 43.3 Å². The van der Waals surface area contributed by atoms with Crippen molar-refractivity contribution in [1.29, 1.82) is 0 Å². The molecule has 0 spiro atoms. The lowest BCUT2D eigenvalue weighted by atomic mass is 10.1. The Bertz CT molecular complexity index is 771. The van der Waals surface area contributed by atoms with Crippen LogP contribution in [0.2, 0.25) is 0 Å². The number of carbonyl (C=O) groups excluding carboxylic acids is 2. The molecule has 0 unspecified atom stereocenters. The van der Waals surface area contributed by atoms with Crippen molar-refractivity contribution in [2.45, 2.75) is 19.9 Å². The summed E-state index contributed by atoms with van der Waals surface area (Å²) in [7, 11) is 1.56. The van der Waals surface area contributed by atoms with E-state index in [2.05, 4.69) is 5.32 Å². The van der Waals surface area contributed by atoms with Crippen molar-refractivity contribution in [3.8, 4) is 5.75 Å². The Labute approximate surface area is 147 Å². The average molecular weight is 338 g/mol. The Morgan fingerprint density at radius 2 is 1.92 bits per heavy atom. The Balaban J connectivity index is 1.63. The van der Waals surface area contributed by atoms with Gasteiger partial charge in [-0.2, -0.15) is 0 Å². The largest absolute Gasteiger partial charge is 0.495 e. The number of anilines is 1. The lowest BCUT2D eigenvalue weighted by Gasteiger charge is -2.17. The lowest BCUT2D eigenvalue weighted by Crippen LogP contribution is -2.28. The first-order valence-electron chi connectivity index (χ1n) is 8.34. The first-order valence-corrected chi connectivity index (χ1v) is 8.34. The number of nitrogens with zero attached hydrogens (tertiary/aromatic N) is 1. The van der Waals surface area contributed by atoms with Crippen LogP contribution in [0.5, 0.6) is 5.75 Å². The highest BCUT2D eigenvalue weighted by Gasteiger charge is 2.34. The minimum atomic E-state index is -0.345. The zero-order valence-corrected chi connectivity index (χ0v) is 14.5. The molecule has 130 valence electrons.